The number of rotatable bonds is 6. The second-order valence-corrected chi connectivity index (χ2v) is 4.78. The van der Waals surface area contributed by atoms with Gasteiger partial charge in [-0.2, -0.15) is 0 Å². The number of benzene rings is 1. The number of ether oxygens (including phenoxy) is 1. The molecule has 0 heterocycles. The van der Waals surface area contributed by atoms with Crippen molar-refractivity contribution < 1.29 is 9.53 Å². The topological polar surface area (TPSA) is 38.3 Å². The van der Waals surface area contributed by atoms with Crippen molar-refractivity contribution in [2.45, 2.75) is 18.7 Å². The largest absolute Gasteiger partial charge is 0.375 e. The van der Waals surface area contributed by atoms with Gasteiger partial charge in [0.1, 0.15) is 0 Å². The lowest BCUT2D eigenvalue weighted by molar-refractivity contribution is 0.0926. The van der Waals surface area contributed by atoms with E-state index in [2.05, 4.69) is 24.5 Å². The van der Waals surface area contributed by atoms with Gasteiger partial charge < -0.3 is 10.1 Å². The van der Waals surface area contributed by atoms with Crippen LogP contribution in [0, 0.1) is 6.92 Å². The molecule has 18 heavy (non-hydrogen) atoms. The maximum absolute atomic E-state index is 11.9. The molecular weight excluding hydrogens is 246 g/mol. The van der Waals surface area contributed by atoms with Gasteiger partial charge in [-0.3, -0.25) is 4.79 Å². The minimum Gasteiger partial charge on any atom is -0.375 e. The van der Waals surface area contributed by atoms with Crippen LogP contribution in [0.3, 0.4) is 0 Å². The molecule has 4 heteroatoms. The van der Waals surface area contributed by atoms with E-state index in [-0.39, 0.29) is 5.91 Å². The molecule has 3 nitrogen and oxygen atoms in total. The molecule has 0 aromatic heterocycles. The molecule has 1 rings (SSSR count). The summed E-state index contributed by atoms with van der Waals surface area (Å²) in [5, 5.41) is 2.81. The average Bonchev–Trinajstić information content (AvgIpc) is 2.31. The Kier molecular flexibility index (Phi) is 5.95. The summed E-state index contributed by atoms with van der Waals surface area (Å²) < 4.78 is 5.31. The first-order chi connectivity index (χ1) is 8.50. The van der Waals surface area contributed by atoms with Crippen LogP contribution in [0.5, 0.6) is 0 Å². The summed E-state index contributed by atoms with van der Waals surface area (Å²) in [5.41, 5.74) is 2.57. The van der Waals surface area contributed by atoms with Gasteiger partial charge in [-0.15, -0.1) is 12.6 Å². The zero-order chi connectivity index (χ0) is 13.5. The normalized spacial score (nSPS) is 10.2. The van der Waals surface area contributed by atoms with Gasteiger partial charge in [-0.05, 0) is 31.5 Å². The molecule has 0 aliphatic rings. The van der Waals surface area contributed by atoms with E-state index in [0.29, 0.717) is 25.3 Å². The van der Waals surface area contributed by atoms with Crippen LogP contribution in [0.2, 0.25) is 0 Å². The summed E-state index contributed by atoms with van der Waals surface area (Å²) in [6.45, 7) is 9.04. The van der Waals surface area contributed by atoms with Crippen molar-refractivity contribution in [1.82, 2.24) is 5.32 Å². The van der Waals surface area contributed by atoms with Crippen molar-refractivity contribution in [2.24, 2.45) is 0 Å². The van der Waals surface area contributed by atoms with Crippen LogP contribution in [-0.4, -0.2) is 25.7 Å². The molecular formula is C14H19NO2S. The summed E-state index contributed by atoms with van der Waals surface area (Å²) in [6.07, 6.45) is 0. The number of carbonyl (C=O) groups excluding carboxylic acids is 1. The molecule has 1 N–H and O–H groups in total. The van der Waals surface area contributed by atoms with Gasteiger partial charge in [0.2, 0.25) is 0 Å². The number of carbonyl (C=O) groups is 1. The Morgan fingerprint density at radius 2 is 2.22 bits per heavy atom. The van der Waals surface area contributed by atoms with E-state index in [1.165, 1.54) is 0 Å². The van der Waals surface area contributed by atoms with E-state index in [4.69, 9.17) is 4.74 Å². The molecule has 0 saturated carbocycles. The molecule has 1 amide bonds. The summed E-state index contributed by atoms with van der Waals surface area (Å²) >= 11 is 4.23. The quantitative estimate of drug-likeness (QED) is 0.471. The molecule has 0 spiro atoms. The van der Waals surface area contributed by atoms with Gasteiger partial charge in [0.25, 0.3) is 5.91 Å². The number of amides is 1. The molecule has 0 saturated heterocycles. The SMILES string of the molecule is C=C(C)COCCNC(=O)c1cc(S)ccc1C. The molecule has 0 radical (unpaired) electrons. The lowest BCUT2D eigenvalue weighted by Crippen LogP contribution is -2.28. The monoisotopic (exact) mass is 265 g/mol. The van der Waals surface area contributed by atoms with E-state index >= 15 is 0 Å². The van der Waals surface area contributed by atoms with Gasteiger partial charge in [0.05, 0.1) is 13.2 Å². The molecule has 0 aliphatic carbocycles. The lowest BCUT2D eigenvalue weighted by atomic mass is 10.1. The Hall–Kier alpha value is -1.26. The fourth-order valence-electron chi connectivity index (χ4n) is 1.43. The van der Waals surface area contributed by atoms with E-state index in [9.17, 15) is 4.79 Å². The van der Waals surface area contributed by atoms with Gasteiger partial charge in [0, 0.05) is 17.0 Å². The standard InChI is InChI=1S/C14H19NO2S/c1-10(2)9-17-7-6-15-14(16)13-8-12(18)5-4-11(13)3/h4-5,8,18H,1,6-7,9H2,2-3H3,(H,15,16). The van der Waals surface area contributed by atoms with Crippen molar-refractivity contribution in [2.75, 3.05) is 19.8 Å². The van der Waals surface area contributed by atoms with Crippen molar-refractivity contribution in [3.63, 3.8) is 0 Å². The van der Waals surface area contributed by atoms with Crippen LogP contribution in [0.15, 0.2) is 35.2 Å². The van der Waals surface area contributed by atoms with Crippen LogP contribution in [0.1, 0.15) is 22.8 Å². The predicted octanol–water partition coefficient (Wildman–Crippen LogP) is 2.61. The Morgan fingerprint density at radius 3 is 2.89 bits per heavy atom. The summed E-state index contributed by atoms with van der Waals surface area (Å²) in [4.78, 5) is 12.7. The first-order valence-corrected chi connectivity index (χ1v) is 6.25. The number of aryl methyl sites for hydroxylation is 1. The predicted molar refractivity (Wildman–Crippen MR) is 76.4 cm³/mol. The van der Waals surface area contributed by atoms with Crippen LogP contribution in [0.25, 0.3) is 0 Å². The number of nitrogens with one attached hydrogen (secondary N) is 1. The fourth-order valence-corrected chi connectivity index (χ4v) is 1.64. The number of hydrogen-bond acceptors (Lipinski definition) is 3. The highest BCUT2D eigenvalue weighted by molar-refractivity contribution is 7.80. The van der Waals surface area contributed by atoms with E-state index in [1.54, 1.807) is 6.07 Å². The third kappa shape index (κ3) is 4.94. The van der Waals surface area contributed by atoms with Gasteiger partial charge >= 0.3 is 0 Å². The molecule has 0 fully saturated rings. The highest BCUT2D eigenvalue weighted by Gasteiger charge is 2.08. The first-order valence-electron chi connectivity index (χ1n) is 5.80. The maximum Gasteiger partial charge on any atom is 0.251 e. The van der Waals surface area contributed by atoms with Crippen LogP contribution >= 0.6 is 12.6 Å². The summed E-state index contributed by atoms with van der Waals surface area (Å²) in [5.74, 6) is -0.0951. The van der Waals surface area contributed by atoms with Crippen molar-refractivity contribution in [3.8, 4) is 0 Å². The van der Waals surface area contributed by atoms with Crippen molar-refractivity contribution >= 4 is 18.5 Å². The number of thiol groups is 1. The van der Waals surface area contributed by atoms with Gasteiger partial charge in [-0.1, -0.05) is 18.2 Å². The Labute approximate surface area is 114 Å². The maximum atomic E-state index is 11.9. The smallest absolute Gasteiger partial charge is 0.251 e. The molecule has 98 valence electrons. The van der Waals surface area contributed by atoms with Crippen LogP contribution in [0.4, 0.5) is 0 Å². The molecule has 1 aromatic carbocycles. The molecule has 0 aliphatic heterocycles. The third-order valence-electron chi connectivity index (χ3n) is 2.35. The van der Waals surface area contributed by atoms with E-state index in [0.717, 1.165) is 16.0 Å². The minimum absolute atomic E-state index is 0.0951. The Morgan fingerprint density at radius 1 is 1.50 bits per heavy atom. The van der Waals surface area contributed by atoms with Crippen molar-refractivity contribution in [1.29, 1.82) is 0 Å². The minimum atomic E-state index is -0.0951. The Bertz CT molecular complexity index is 443. The molecule has 1 aromatic rings. The van der Waals surface area contributed by atoms with Crippen LogP contribution in [-0.2, 0) is 4.74 Å². The molecule has 0 bridgehead atoms. The van der Waals surface area contributed by atoms with E-state index in [1.807, 2.05) is 26.0 Å². The van der Waals surface area contributed by atoms with Crippen LogP contribution < -0.4 is 5.32 Å². The molecule has 0 atom stereocenters. The van der Waals surface area contributed by atoms with Gasteiger partial charge in [-0.25, -0.2) is 0 Å². The zero-order valence-corrected chi connectivity index (χ0v) is 11.7. The fraction of sp³-hybridized carbons (Fsp3) is 0.357. The Balaban J connectivity index is 2.41. The second-order valence-electron chi connectivity index (χ2n) is 4.26. The number of hydrogen-bond donors (Lipinski definition) is 2. The summed E-state index contributed by atoms with van der Waals surface area (Å²) in [7, 11) is 0. The third-order valence-corrected chi connectivity index (χ3v) is 2.62. The van der Waals surface area contributed by atoms with Gasteiger partial charge in [0.15, 0.2) is 0 Å². The zero-order valence-electron chi connectivity index (χ0n) is 10.8. The first kappa shape index (κ1) is 14.8. The highest BCUT2D eigenvalue weighted by Crippen LogP contribution is 2.13. The lowest BCUT2D eigenvalue weighted by Gasteiger charge is -2.08. The molecule has 0 unspecified atom stereocenters. The van der Waals surface area contributed by atoms with E-state index < -0.39 is 0 Å². The second kappa shape index (κ2) is 7.24. The summed E-state index contributed by atoms with van der Waals surface area (Å²) in [6, 6.07) is 5.52. The average molecular weight is 265 g/mol. The highest BCUT2D eigenvalue weighted by atomic mass is 32.1. The van der Waals surface area contributed by atoms with Crippen molar-refractivity contribution in [3.05, 3.63) is 41.5 Å².